The van der Waals surface area contributed by atoms with Gasteiger partial charge in [0.15, 0.2) is 0 Å². The molecule has 3 rings (SSSR count). The van der Waals surface area contributed by atoms with Crippen molar-refractivity contribution in [1.29, 1.82) is 0 Å². The van der Waals surface area contributed by atoms with Crippen LogP contribution in [0.4, 0.5) is 0 Å². The van der Waals surface area contributed by atoms with E-state index in [2.05, 4.69) is 6.92 Å². The predicted octanol–water partition coefficient (Wildman–Crippen LogP) is 4.98. The maximum atomic E-state index is 13.8. The van der Waals surface area contributed by atoms with Crippen LogP contribution in [0.5, 0.6) is 0 Å². The van der Waals surface area contributed by atoms with Crippen molar-refractivity contribution < 1.29 is 14.3 Å². The quantitative estimate of drug-likeness (QED) is 0.364. The van der Waals surface area contributed by atoms with Gasteiger partial charge in [0.25, 0.3) is 5.56 Å². The number of benzene rings is 2. The Bertz CT molecular complexity index is 1230. The highest BCUT2D eigenvalue weighted by molar-refractivity contribution is 5.82. The minimum absolute atomic E-state index is 0.0264. The van der Waals surface area contributed by atoms with Gasteiger partial charge < -0.3 is 9.64 Å². The molecule has 186 valence electrons. The summed E-state index contributed by atoms with van der Waals surface area (Å²) < 4.78 is 6.65. The molecule has 0 radical (unpaired) electrons. The number of carbonyl (C=O) groups is 2. The van der Waals surface area contributed by atoms with Gasteiger partial charge in [-0.25, -0.2) is 4.98 Å². The second-order valence-corrected chi connectivity index (χ2v) is 8.53. The Morgan fingerprint density at radius 2 is 1.74 bits per heavy atom. The average molecular weight is 478 g/mol. The van der Waals surface area contributed by atoms with Crippen LogP contribution in [0, 0.1) is 0 Å². The van der Waals surface area contributed by atoms with Gasteiger partial charge >= 0.3 is 5.97 Å². The molecule has 1 unspecified atom stereocenters. The zero-order chi connectivity index (χ0) is 25.4. The van der Waals surface area contributed by atoms with Crippen LogP contribution in [0.3, 0.4) is 0 Å². The van der Waals surface area contributed by atoms with Crippen molar-refractivity contribution in [3.05, 3.63) is 70.3 Å². The smallest absolute Gasteiger partial charge is 0.306 e. The van der Waals surface area contributed by atoms with Gasteiger partial charge in [0, 0.05) is 13.0 Å². The monoisotopic (exact) mass is 477 g/mol. The van der Waals surface area contributed by atoms with Crippen molar-refractivity contribution >= 4 is 22.8 Å². The molecule has 0 bridgehead atoms. The number of amides is 1. The van der Waals surface area contributed by atoms with Gasteiger partial charge in [-0.2, -0.15) is 0 Å². The summed E-state index contributed by atoms with van der Waals surface area (Å²) in [7, 11) is 0. The van der Waals surface area contributed by atoms with E-state index in [4.69, 9.17) is 9.72 Å². The standard InChI is InChI=1S/C28H35N3O4/c1-5-8-19-30(25(32)17-18-26(33)35-7-3)20(4)27-29-23-15-11-10-14-22(23)28(34)31(27)24-16-12-9-13-21(24)6-2/h9-16,20H,5-8,17-19H2,1-4H3. The van der Waals surface area contributed by atoms with Crippen LogP contribution in [0.2, 0.25) is 0 Å². The number of hydrogen-bond acceptors (Lipinski definition) is 5. The molecular weight excluding hydrogens is 442 g/mol. The zero-order valence-electron chi connectivity index (χ0n) is 21.1. The molecule has 0 spiro atoms. The zero-order valence-corrected chi connectivity index (χ0v) is 21.1. The summed E-state index contributed by atoms with van der Waals surface area (Å²) in [5.41, 5.74) is 2.23. The molecule has 0 saturated carbocycles. The van der Waals surface area contributed by atoms with E-state index in [1.165, 1.54) is 0 Å². The number of fused-ring (bicyclic) bond motifs is 1. The number of aryl methyl sites for hydroxylation is 1. The van der Waals surface area contributed by atoms with Gasteiger partial charge in [-0.1, -0.05) is 50.6 Å². The summed E-state index contributed by atoms with van der Waals surface area (Å²) in [6.45, 7) is 8.56. The minimum atomic E-state index is -0.474. The summed E-state index contributed by atoms with van der Waals surface area (Å²) in [5, 5.41) is 0.531. The number of unbranched alkanes of at least 4 members (excludes halogenated alkanes) is 1. The number of aromatic nitrogens is 2. The highest BCUT2D eigenvalue weighted by atomic mass is 16.5. The fraction of sp³-hybridized carbons (Fsp3) is 0.429. The van der Waals surface area contributed by atoms with Crippen molar-refractivity contribution in [3.63, 3.8) is 0 Å². The lowest BCUT2D eigenvalue weighted by Gasteiger charge is -2.31. The maximum Gasteiger partial charge on any atom is 0.306 e. The van der Waals surface area contributed by atoms with Crippen LogP contribution in [-0.2, 0) is 20.7 Å². The van der Waals surface area contributed by atoms with Crippen molar-refractivity contribution in [2.75, 3.05) is 13.2 Å². The molecule has 7 nitrogen and oxygen atoms in total. The Labute approximate surface area is 206 Å². The van der Waals surface area contributed by atoms with E-state index in [-0.39, 0.29) is 36.9 Å². The van der Waals surface area contributed by atoms with Gasteiger partial charge in [0.2, 0.25) is 5.91 Å². The van der Waals surface area contributed by atoms with Gasteiger partial charge in [-0.05, 0) is 50.5 Å². The van der Waals surface area contributed by atoms with E-state index in [0.717, 1.165) is 30.5 Å². The molecule has 0 N–H and O–H groups in total. The first-order valence-corrected chi connectivity index (χ1v) is 12.5. The number of carbonyl (C=O) groups excluding carboxylic acids is 2. The third kappa shape index (κ3) is 5.96. The predicted molar refractivity (Wildman–Crippen MR) is 138 cm³/mol. The molecule has 0 saturated heterocycles. The normalized spacial score (nSPS) is 11.9. The van der Waals surface area contributed by atoms with E-state index in [9.17, 15) is 14.4 Å². The van der Waals surface area contributed by atoms with E-state index >= 15 is 0 Å². The molecule has 1 heterocycles. The van der Waals surface area contributed by atoms with E-state index in [0.29, 0.717) is 23.3 Å². The molecule has 0 fully saturated rings. The van der Waals surface area contributed by atoms with E-state index in [1.54, 1.807) is 22.5 Å². The summed E-state index contributed by atoms with van der Waals surface area (Å²) in [6.07, 6.45) is 2.54. The average Bonchev–Trinajstić information content (AvgIpc) is 2.87. The lowest BCUT2D eigenvalue weighted by molar-refractivity contribution is -0.146. The molecule has 1 amide bonds. The summed E-state index contributed by atoms with van der Waals surface area (Å²) in [5.74, 6) is -0.0338. The molecular formula is C28H35N3O4. The van der Waals surface area contributed by atoms with Crippen LogP contribution in [0.1, 0.15) is 70.8 Å². The van der Waals surface area contributed by atoms with Crippen LogP contribution in [-0.4, -0.2) is 39.5 Å². The molecule has 0 aliphatic heterocycles. The highest BCUT2D eigenvalue weighted by Gasteiger charge is 2.27. The van der Waals surface area contributed by atoms with Gasteiger partial charge in [0.1, 0.15) is 5.82 Å². The van der Waals surface area contributed by atoms with E-state index in [1.807, 2.05) is 56.3 Å². The van der Waals surface area contributed by atoms with Crippen LogP contribution in [0.25, 0.3) is 16.6 Å². The van der Waals surface area contributed by atoms with Crippen molar-refractivity contribution in [3.8, 4) is 5.69 Å². The van der Waals surface area contributed by atoms with Crippen LogP contribution in [0.15, 0.2) is 53.3 Å². The lowest BCUT2D eigenvalue weighted by Crippen LogP contribution is -2.38. The van der Waals surface area contributed by atoms with Gasteiger partial charge in [-0.15, -0.1) is 0 Å². The number of esters is 1. The molecule has 35 heavy (non-hydrogen) atoms. The van der Waals surface area contributed by atoms with Crippen molar-refractivity contribution in [2.24, 2.45) is 0 Å². The Morgan fingerprint density at radius 1 is 1.03 bits per heavy atom. The van der Waals surface area contributed by atoms with Crippen LogP contribution < -0.4 is 5.56 Å². The Kier molecular flexibility index (Phi) is 9.18. The second-order valence-electron chi connectivity index (χ2n) is 8.53. The van der Waals surface area contributed by atoms with Gasteiger partial charge in [-0.3, -0.25) is 19.0 Å². The first-order chi connectivity index (χ1) is 16.9. The number of ether oxygens (including phenoxy) is 1. The topological polar surface area (TPSA) is 81.5 Å². The van der Waals surface area contributed by atoms with Gasteiger partial charge in [0.05, 0.1) is 35.7 Å². The minimum Gasteiger partial charge on any atom is -0.466 e. The fourth-order valence-electron chi connectivity index (χ4n) is 4.28. The Morgan fingerprint density at radius 3 is 2.46 bits per heavy atom. The molecule has 7 heteroatoms. The Hall–Kier alpha value is -3.48. The molecule has 1 atom stereocenters. The number of para-hydroxylation sites is 2. The third-order valence-corrected chi connectivity index (χ3v) is 6.18. The highest BCUT2D eigenvalue weighted by Crippen LogP contribution is 2.26. The molecule has 1 aromatic heterocycles. The summed E-state index contributed by atoms with van der Waals surface area (Å²) in [4.78, 5) is 45.6. The number of nitrogens with zero attached hydrogens (tertiary/aromatic N) is 3. The third-order valence-electron chi connectivity index (χ3n) is 6.18. The van der Waals surface area contributed by atoms with Crippen molar-refractivity contribution in [2.45, 2.75) is 65.8 Å². The van der Waals surface area contributed by atoms with Crippen LogP contribution >= 0.6 is 0 Å². The molecule has 3 aromatic rings. The molecule has 2 aromatic carbocycles. The maximum absolute atomic E-state index is 13.8. The lowest BCUT2D eigenvalue weighted by atomic mass is 10.1. The molecule has 0 aliphatic carbocycles. The second kappa shape index (κ2) is 12.3. The number of rotatable bonds is 11. The largest absolute Gasteiger partial charge is 0.466 e. The fourth-order valence-corrected chi connectivity index (χ4v) is 4.28. The summed E-state index contributed by atoms with van der Waals surface area (Å²) >= 11 is 0. The van der Waals surface area contributed by atoms with E-state index < -0.39 is 6.04 Å². The van der Waals surface area contributed by atoms with Crippen molar-refractivity contribution in [1.82, 2.24) is 14.5 Å². The number of hydrogen-bond donors (Lipinski definition) is 0. The SMILES string of the molecule is CCCCN(C(=O)CCC(=O)OCC)C(C)c1nc2ccccc2c(=O)n1-c1ccccc1CC. The Balaban J connectivity index is 2.13. The molecule has 0 aliphatic rings. The first-order valence-electron chi connectivity index (χ1n) is 12.5. The first kappa shape index (κ1) is 26.1. The summed E-state index contributed by atoms with van der Waals surface area (Å²) in [6, 6.07) is 14.6.